The topological polar surface area (TPSA) is 49.2 Å². The maximum atomic E-state index is 4.48. The smallest absolute Gasteiger partial charge is 0.218 e. The van der Waals surface area contributed by atoms with E-state index < -0.39 is 0 Å². The first-order valence-corrected chi connectivity index (χ1v) is 12.6. The van der Waals surface area contributed by atoms with E-state index in [2.05, 4.69) is 85.7 Å². The summed E-state index contributed by atoms with van der Waals surface area (Å²) in [7, 11) is 0. The van der Waals surface area contributed by atoms with Crippen molar-refractivity contribution in [2.75, 3.05) is 43.9 Å². The number of benzene rings is 1. The molecule has 4 rings (SSSR count). The molecule has 1 aliphatic heterocycles. The summed E-state index contributed by atoms with van der Waals surface area (Å²) in [6, 6.07) is 13.0. The molecule has 0 bridgehead atoms. The highest BCUT2D eigenvalue weighted by Gasteiger charge is 2.20. The maximum absolute atomic E-state index is 4.48. The summed E-state index contributed by atoms with van der Waals surface area (Å²) < 4.78 is 2.15. The van der Waals surface area contributed by atoms with Crippen LogP contribution < -0.4 is 10.2 Å². The molecule has 8 heteroatoms. The van der Waals surface area contributed by atoms with E-state index in [4.69, 9.17) is 0 Å². The van der Waals surface area contributed by atoms with Gasteiger partial charge in [-0.1, -0.05) is 30.4 Å². The van der Waals surface area contributed by atoms with Crippen LogP contribution in [0.5, 0.6) is 0 Å². The molecule has 3 aromatic rings. The third kappa shape index (κ3) is 5.24. The maximum Gasteiger partial charge on any atom is 0.218 e. The van der Waals surface area contributed by atoms with E-state index in [1.807, 2.05) is 0 Å². The minimum Gasteiger partial charge on any atom is -0.344 e. The number of thioether (sulfide) groups is 1. The molecular weight excluding hydrogens is 412 g/mol. The van der Waals surface area contributed by atoms with Crippen LogP contribution >= 0.6 is 23.1 Å². The summed E-state index contributed by atoms with van der Waals surface area (Å²) in [4.78, 5) is 6.20. The average molecular weight is 443 g/mol. The van der Waals surface area contributed by atoms with Gasteiger partial charge in [-0.25, -0.2) is 0 Å². The van der Waals surface area contributed by atoms with Crippen LogP contribution in [0.15, 0.2) is 47.5 Å². The van der Waals surface area contributed by atoms with Gasteiger partial charge in [0.15, 0.2) is 0 Å². The van der Waals surface area contributed by atoms with Crippen molar-refractivity contribution in [2.24, 2.45) is 0 Å². The lowest BCUT2D eigenvalue weighted by molar-refractivity contribution is 0.258. The molecule has 0 amide bonds. The van der Waals surface area contributed by atoms with E-state index in [1.54, 1.807) is 23.1 Å². The van der Waals surface area contributed by atoms with Gasteiger partial charge in [-0.2, -0.15) is 0 Å². The Morgan fingerprint density at radius 1 is 1.00 bits per heavy atom. The molecule has 1 aromatic carbocycles. The summed E-state index contributed by atoms with van der Waals surface area (Å²) >= 11 is 3.45. The molecule has 1 N–H and O–H groups in total. The van der Waals surface area contributed by atoms with Crippen molar-refractivity contribution >= 4 is 28.2 Å². The van der Waals surface area contributed by atoms with Gasteiger partial charge in [0.05, 0.1) is 0 Å². The van der Waals surface area contributed by atoms with E-state index in [9.17, 15) is 0 Å². The van der Waals surface area contributed by atoms with Crippen molar-refractivity contribution in [1.82, 2.24) is 25.0 Å². The summed E-state index contributed by atoms with van der Waals surface area (Å²) in [5.41, 5.74) is 2.50. The highest BCUT2D eigenvalue weighted by Crippen LogP contribution is 2.25. The fourth-order valence-corrected chi connectivity index (χ4v) is 5.06. The lowest BCUT2D eigenvalue weighted by atomic mass is 10.2. The Balaban J connectivity index is 1.34. The highest BCUT2D eigenvalue weighted by molar-refractivity contribution is 7.98. The number of hydrogen-bond acceptors (Lipinski definition) is 7. The predicted molar refractivity (Wildman–Crippen MR) is 127 cm³/mol. The highest BCUT2D eigenvalue weighted by atomic mass is 32.2. The first kappa shape index (κ1) is 21.4. The molecule has 0 radical (unpaired) electrons. The molecule has 0 unspecified atom stereocenters. The predicted octanol–water partition coefficient (Wildman–Crippen LogP) is 3.87. The number of piperazine rings is 1. The van der Waals surface area contributed by atoms with Gasteiger partial charge in [0.2, 0.25) is 10.3 Å². The molecule has 30 heavy (non-hydrogen) atoms. The largest absolute Gasteiger partial charge is 0.344 e. The van der Waals surface area contributed by atoms with E-state index in [0.717, 1.165) is 49.5 Å². The number of anilines is 1. The molecule has 1 aliphatic rings. The SMILES string of the molecule is CCCN1CCN(c2nnc(-n3cccc3CNCc3ccc(SC)cc3)s2)CC1. The molecule has 0 spiro atoms. The Hall–Kier alpha value is -1.87. The average Bonchev–Trinajstić information content (AvgIpc) is 3.44. The molecule has 1 fully saturated rings. The standard InChI is InChI=1S/C22H30N6S2/c1-3-10-26-12-14-27(15-13-26)21-24-25-22(30-21)28-11-4-5-19(28)17-23-16-18-6-8-20(29-2)9-7-18/h4-9,11,23H,3,10,12-17H2,1-2H3. The first-order valence-electron chi connectivity index (χ1n) is 10.6. The van der Waals surface area contributed by atoms with Crippen LogP contribution in [0.4, 0.5) is 5.13 Å². The summed E-state index contributed by atoms with van der Waals surface area (Å²) in [6.45, 7) is 9.36. The normalized spacial score (nSPS) is 15.1. The summed E-state index contributed by atoms with van der Waals surface area (Å²) in [5, 5.41) is 14.5. The molecule has 160 valence electrons. The van der Waals surface area contributed by atoms with E-state index in [1.165, 1.54) is 29.1 Å². The molecular formula is C22H30N6S2. The molecule has 0 saturated carbocycles. The van der Waals surface area contributed by atoms with Crippen molar-refractivity contribution < 1.29 is 0 Å². The third-order valence-corrected chi connectivity index (χ3v) is 7.15. The Morgan fingerprint density at radius 3 is 2.50 bits per heavy atom. The Kier molecular flexibility index (Phi) is 7.43. The number of rotatable bonds is 9. The van der Waals surface area contributed by atoms with E-state index >= 15 is 0 Å². The van der Waals surface area contributed by atoms with Crippen LogP contribution in [-0.2, 0) is 13.1 Å². The zero-order valence-corrected chi connectivity index (χ0v) is 19.4. The summed E-state index contributed by atoms with van der Waals surface area (Å²) in [5.74, 6) is 0. The van der Waals surface area contributed by atoms with Gasteiger partial charge < -0.3 is 10.2 Å². The Morgan fingerprint density at radius 2 is 1.77 bits per heavy atom. The van der Waals surface area contributed by atoms with Crippen molar-refractivity contribution in [3.63, 3.8) is 0 Å². The monoisotopic (exact) mass is 442 g/mol. The molecule has 1 saturated heterocycles. The van der Waals surface area contributed by atoms with E-state index in [-0.39, 0.29) is 0 Å². The number of nitrogens with zero attached hydrogens (tertiary/aromatic N) is 5. The first-order chi connectivity index (χ1) is 14.8. The zero-order chi connectivity index (χ0) is 20.8. The van der Waals surface area contributed by atoms with E-state index in [0.29, 0.717) is 0 Å². The lowest BCUT2D eigenvalue weighted by Gasteiger charge is -2.33. The quantitative estimate of drug-likeness (QED) is 0.508. The van der Waals surface area contributed by atoms with Gasteiger partial charge in [-0.3, -0.25) is 9.47 Å². The van der Waals surface area contributed by atoms with Gasteiger partial charge in [-0.15, -0.1) is 22.0 Å². The third-order valence-electron chi connectivity index (χ3n) is 5.42. The van der Waals surface area contributed by atoms with Crippen LogP contribution in [-0.4, -0.2) is 58.6 Å². The van der Waals surface area contributed by atoms with Crippen molar-refractivity contribution in [2.45, 2.75) is 31.3 Å². The Bertz CT molecular complexity index is 912. The van der Waals surface area contributed by atoms with Crippen LogP contribution in [0.1, 0.15) is 24.6 Å². The zero-order valence-electron chi connectivity index (χ0n) is 17.8. The second kappa shape index (κ2) is 10.4. The molecule has 0 aliphatic carbocycles. The molecule has 0 atom stereocenters. The van der Waals surface area contributed by atoms with Gasteiger partial charge in [0, 0.05) is 56.1 Å². The second-order valence-corrected chi connectivity index (χ2v) is 9.33. The number of hydrogen-bond donors (Lipinski definition) is 1. The van der Waals surface area contributed by atoms with Crippen LogP contribution in [0.2, 0.25) is 0 Å². The molecule has 3 heterocycles. The van der Waals surface area contributed by atoms with Crippen LogP contribution in [0.3, 0.4) is 0 Å². The van der Waals surface area contributed by atoms with Gasteiger partial charge in [0.25, 0.3) is 0 Å². The van der Waals surface area contributed by atoms with Gasteiger partial charge >= 0.3 is 0 Å². The van der Waals surface area contributed by atoms with Crippen molar-refractivity contribution in [3.05, 3.63) is 53.9 Å². The molecule has 6 nitrogen and oxygen atoms in total. The Labute approximate surface area is 187 Å². The fraction of sp³-hybridized carbons (Fsp3) is 0.455. The fourth-order valence-electron chi connectivity index (χ4n) is 3.74. The van der Waals surface area contributed by atoms with Gasteiger partial charge in [0.1, 0.15) is 0 Å². The lowest BCUT2D eigenvalue weighted by Crippen LogP contribution is -2.46. The summed E-state index contributed by atoms with van der Waals surface area (Å²) in [6.07, 6.45) is 5.40. The van der Waals surface area contributed by atoms with Gasteiger partial charge in [-0.05, 0) is 49.1 Å². The number of nitrogens with one attached hydrogen (secondary N) is 1. The van der Waals surface area contributed by atoms with Crippen LogP contribution in [0, 0.1) is 0 Å². The minimum atomic E-state index is 0.794. The molecule has 2 aromatic heterocycles. The van der Waals surface area contributed by atoms with Crippen molar-refractivity contribution in [3.8, 4) is 5.13 Å². The second-order valence-electron chi connectivity index (χ2n) is 7.52. The number of aromatic nitrogens is 3. The minimum absolute atomic E-state index is 0.794. The van der Waals surface area contributed by atoms with Crippen LogP contribution in [0.25, 0.3) is 5.13 Å². The van der Waals surface area contributed by atoms with Crippen molar-refractivity contribution in [1.29, 1.82) is 0 Å².